The van der Waals surface area contributed by atoms with Crippen molar-refractivity contribution in [3.8, 4) is 0 Å². The third-order valence-electron chi connectivity index (χ3n) is 6.79. The van der Waals surface area contributed by atoms with Gasteiger partial charge < -0.3 is 39.1 Å². The number of rotatable bonds is 5. The molecule has 4 heterocycles. The highest BCUT2D eigenvalue weighted by Crippen LogP contribution is 2.37. The second kappa shape index (κ2) is 12.0. The molecule has 0 aliphatic carbocycles. The molecule has 2 aliphatic heterocycles. The van der Waals surface area contributed by atoms with Gasteiger partial charge in [0.15, 0.2) is 0 Å². The molecule has 37 heavy (non-hydrogen) atoms. The summed E-state index contributed by atoms with van der Waals surface area (Å²) in [5, 5.41) is 40.0. The SMILES string of the molecule is CC1(C)OB(CCNC(=O)O)OC1(C)C.CC1(C)OB(c2cn[nH]c2)OC1(C)C.OB(O)c1cc[nH]n1. The molecular formula is C21H38B3N5O8. The van der Waals surface area contributed by atoms with Crippen molar-refractivity contribution in [1.82, 2.24) is 25.7 Å². The summed E-state index contributed by atoms with van der Waals surface area (Å²) >= 11 is 0. The Kier molecular flexibility index (Phi) is 10.0. The molecule has 0 atom stereocenters. The highest BCUT2D eigenvalue weighted by Gasteiger charge is 2.52. The maximum Gasteiger partial charge on any atom is 0.510 e. The molecule has 2 fully saturated rings. The Labute approximate surface area is 218 Å². The number of hydrogen-bond donors (Lipinski definition) is 6. The predicted octanol–water partition coefficient (Wildman–Crippen LogP) is 0.145. The van der Waals surface area contributed by atoms with E-state index in [0.717, 1.165) is 5.46 Å². The van der Waals surface area contributed by atoms with Crippen molar-refractivity contribution in [2.24, 2.45) is 0 Å². The standard InChI is InChI=1S/C9H15BN2O2.C9H18BNO4.C3H5BN2O2/c1-8(2)9(3,4)14-10(13-8)7-5-11-12-6-7;1-8(2)9(3,4)15-10(14-8)5-6-11-7(12)13;7-4(8)3-1-2-5-6-3/h5-6H,1-4H3,(H,11,12);11H,5-6H2,1-4H3,(H,12,13);1-2,7-8H,(H,5,6). The fraction of sp³-hybridized carbons (Fsp3) is 0.667. The van der Waals surface area contributed by atoms with Gasteiger partial charge in [-0.1, -0.05) is 0 Å². The summed E-state index contributed by atoms with van der Waals surface area (Å²) in [6.07, 6.45) is 4.55. The molecule has 1 amide bonds. The molecule has 4 rings (SSSR count). The van der Waals surface area contributed by atoms with Gasteiger partial charge in [-0.15, -0.1) is 0 Å². The lowest BCUT2D eigenvalue weighted by molar-refractivity contribution is 0.00578. The van der Waals surface area contributed by atoms with E-state index in [2.05, 4.69) is 25.7 Å². The molecule has 2 aliphatic rings. The van der Waals surface area contributed by atoms with E-state index in [0.29, 0.717) is 12.9 Å². The molecule has 13 nitrogen and oxygen atoms in total. The number of aromatic nitrogens is 4. The maximum absolute atomic E-state index is 10.2. The number of hydrogen-bond acceptors (Lipinski definition) is 9. The zero-order valence-corrected chi connectivity index (χ0v) is 22.7. The molecule has 16 heteroatoms. The van der Waals surface area contributed by atoms with Crippen molar-refractivity contribution in [3.05, 3.63) is 24.7 Å². The molecule has 2 aromatic heterocycles. The lowest BCUT2D eigenvalue weighted by Gasteiger charge is -2.32. The van der Waals surface area contributed by atoms with Gasteiger partial charge in [-0.05, 0) is 67.8 Å². The summed E-state index contributed by atoms with van der Waals surface area (Å²) in [7, 11) is -2.10. The van der Waals surface area contributed by atoms with Crippen LogP contribution in [0.5, 0.6) is 0 Å². The van der Waals surface area contributed by atoms with Gasteiger partial charge in [0.25, 0.3) is 0 Å². The van der Waals surface area contributed by atoms with Gasteiger partial charge >= 0.3 is 27.4 Å². The van der Waals surface area contributed by atoms with Gasteiger partial charge in [0.1, 0.15) is 0 Å². The van der Waals surface area contributed by atoms with Crippen molar-refractivity contribution in [1.29, 1.82) is 0 Å². The first kappa shape index (κ1) is 30.9. The maximum atomic E-state index is 10.2. The molecule has 0 spiro atoms. The Morgan fingerprint density at radius 3 is 1.89 bits per heavy atom. The van der Waals surface area contributed by atoms with E-state index >= 15 is 0 Å². The lowest BCUT2D eigenvalue weighted by atomic mass is 9.82. The van der Waals surface area contributed by atoms with Crippen molar-refractivity contribution >= 4 is 38.5 Å². The van der Waals surface area contributed by atoms with Crippen LogP contribution in [0.3, 0.4) is 0 Å². The lowest BCUT2D eigenvalue weighted by Crippen LogP contribution is -2.41. The van der Waals surface area contributed by atoms with Crippen molar-refractivity contribution in [2.45, 2.75) is 84.1 Å². The highest BCUT2D eigenvalue weighted by molar-refractivity contribution is 6.62. The van der Waals surface area contributed by atoms with Crippen LogP contribution >= 0.6 is 0 Å². The minimum absolute atomic E-state index is 0.241. The van der Waals surface area contributed by atoms with E-state index in [-0.39, 0.29) is 42.2 Å². The third-order valence-corrected chi connectivity index (χ3v) is 6.79. The molecule has 0 saturated carbocycles. The summed E-state index contributed by atoms with van der Waals surface area (Å²) in [5.41, 5.74) is -0.0836. The van der Waals surface area contributed by atoms with Gasteiger partial charge in [-0.3, -0.25) is 10.2 Å². The molecular weight excluding hydrogens is 483 g/mol. The smallest absolute Gasteiger partial charge is 0.465 e. The van der Waals surface area contributed by atoms with Crippen LogP contribution in [0.2, 0.25) is 6.32 Å². The van der Waals surface area contributed by atoms with Crippen LogP contribution in [0, 0.1) is 0 Å². The minimum Gasteiger partial charge on any atom is -0.465 e. The van der Waals surface area contributed by atoms with E-state index in [1.54, 1.807) is 12.4 Å². The van der Waals surface area contributed by atoms with Crippen LogP contribution in [-0.2, 0) is 18.6 Å². The zero-order chi connectivity index (χ0) is 28.1. The summed E-state index contributed by atoms with van der Waals surface area (Å²) in [6.45, 7) is 16.4. The Bertz CT molecular complexity index is 939. The summed E-state index contributed by atoms with van der Waals surface area (Å²) in [5.74, 6) is 0. The normalized spacial score (nSPS) is 20.4. The topological polar surface area (TPSA) is 184 Å². The first-order valence-corrected chi connectivity index (χ1v) is 12.0. The molecule has 2 aromatic rings. The van der Waals surface area contributed by atoms with Crippen LogP contribution in [0.25, 0.3) is 0 Å². The minimum atomic E-state index is -1.46. The van der Waals surface area contributed by atoms with Crippen LogP contribution < -0.4 is 16.4 Å². The zero-order valence-electron chi connectivity index (χ0n) is 22.7. The van der Waals surface area contributed by atoms with Crippen LogP contribution in [0.4, 0.5) is 4.79 Å². The number of nitrogens with one attached hydrogen (secondary N) is 3. The van der Waals surface area contributed by atoms with Gasteiger partial charge in [0.2, 0.25) is 0 Å². The second-order valence-corrected chi connectivity index (χ2v) is 10.7. The third kappa shape index (κ3) is 8.32. The first-order valence-electron chi connectivity index (χ1n) is 12.0. The van der Waals surface area contributed by atoms with Crippen molar-refractivity contribution in [2.75, 3.05) is 6.54 Å². The summed E-state index contributed by atoms with van der Waals surface area (Å²) in [4.78, 5) is 10.2. The average molecular weight is 521 g/mol. The first-order chi connectivity index (χ1) is 17.0. The predicted molar refractivity (Wildman–Crippen MR) is 140 cm³/mol. The molecule has 0 aromatic carbocycles. The van der Waals surface area contributed by atoms with Gasteiger partial charge in [0, 0.05) is 30.6 Å². The molecule has 0 unspecified atom stereocenters. The average Bonchev–Trinajstić information content (AvgIpc) is 3.51. The number of carboxylic acid groups (broad SMARTS) is 1. The highest BCUT2D eigenvalue weighted by atomic mass is 16.7. The Morgan fingerprint density at radius 1 is 0.973 bits per heavy atom. The monoisotopic (exact) mass is 521 g/mol. The Hall–Kier alpha value is -2.36. The van der Waals surface area contributed by atoms with Gasteiger partial charge in [-0.2, -0.15) is 10.2 Å². The number of H-pyrrole nitrogens is 2. The molecule has 6 N–H and O–H groups in total. The number of nitrogens with zero attached hydrogens (tertiary/aromatic N) is 2. The molecule has 204 valence electrons. The summed E-state index contributed by atoms with van der Waals surface area (Å²) in [6, 6.07) is 1.49. The van der Waals surface area contributed by atoms with E-state index in [1.807, 2.05) is 55.4 Å². The fourth-order valence-corrected chi connectivity index (χ4v) is 3.16. The van der Waals surface area contributed by atoms with Crippen LogP contribution in [0.15, 0.2) is 24.7 Å². The van der Waals surface area contributed by atoms with Gasteiger partial charge in [0.05, 0.1) is 28.0 Å². The van der Waals surface area contributed by atoms with Crippen molar-refractivity contribution in [3.63, 3.8) is 0 Å². The quantitative estimate of drug-likeness (QED) is 0.296. The fourth-order valence-electron chi connectivity index (χ4n) is 3.16. The van der Waals surface area contributed by atoms with E-state index < -0.39 is 13.2 Å². The van der Waals surface area contributed by atoms with E-state index in [1.165, 1.54) is 12.3 Å². The summed E-state index contributed by atoms with van der Waals surface area (Å²) < 4.78 is 23.0. The second-order valence-electron chi connectivity index (χ2n) is 10.7. The van der Waals surface area contributed by atoms with Crippen LogP contribution in [0.1, 0.15) is 55.4 Å². The van der Waals surface area contributed by atoms with Crippen molar-refractivity contribution < 1.29 is 38.6 Å². The Morgan fingerprint density at radius 2 is 1.51 bits per heavy atom. The van der Waals surface area contributed by atoms with Crippen LogP contribution in [-0.4, -0.2) is 91.9 Å². The largest absolute Gasteiger partial charge is 0.510 e. The number of amides is 1. The van der Waals surface area contributed by atoms with E-state index in [9.17, 15) is 4.79 Å². The molecule has 0 radical (unpaired) electrons. The molecule has 2 saturated heterocycles. The molecule has 0 bridgehead atoms. The van der Waals surface area contributed by atoms with Gasteiger partial charge in [-0.25, -0.2) is 4.79 Å². The van der Waals surface area contributed by atoms with E-state index in [4.69, 9.17) is 33.8 Å². The number of carbonyl (C=O) groups is 1. The Balaban J connectivity index is 0.000000204. The number of aromatic amines is 2.